The Labute approximate surface area is 114 Å². The Balaban J connectivity index is 2.05. The average Bonchev–Trinajstić information content (AvgIpc) is 2.77. The SMILES string of the molecule is CCc1nc2cc(N)ccc2n1C1CCC(C)CC1. The normalized spacial score (nSPS) is 23.9. The zero-order chi connectivity index (χ0) is 13.4. The number of nitrogen functional groups attached to an aromatic ring is 1. The van der Waals surface area contributed by atoms with E-state index in [2.05, 4.69) is 24.5 Å². The van der Waals surface area contributed by atoms with Crippen molar-refractivity contribution in [3.05, 3.63) is 24.0 Å². The third-order valence-corrected chi connectivity index (χ3v) is 4.45. The van der Waals surface area contributed by atoms with Gasteiger partial charge in [0.05, 0.1) is 11.0 Å². The molecule has 1 saturated carbocycles. The maximum Gasteiger partial charge on any atom is 0.109 e. The molecule has 3 rings (SSSR count). The molecule has 0 aliphatic heterocycles. The van der Waals surface area contributed by atoms with E-state index in [1.54, 1.807) is 0 Å². The fraction of sp³-hybridized carbons (Fsp3) is 0.562. The zero-order valence-corrected chi connectivity index (χ0v) is 11.9. The van der Waals surface area contributed by atoms with Gasteiger partial charge in [-0.15, -0.1) is 0 Å². The first kappa shape index (κ1) is 12.5. The van der Waals surface area contributed by atoms with E-state index in [4.69, 9.17) is 10.7 Å². The number of aromatic nitrogens is 2. The van der Waals surface area contributed by atoms with Crippen molar-refractivity contribution in [2.45, 2.75) is 52.0 Å². The average molecular weight is 257 g/mol. The van der Waals surface area contributed by atoms with E-state index in [9.17, 15) is 0 Å². The summed E-state index contributed by atoms with van der Waals surface area (Å²) < 4.78 is 2.47. The number of rotatable bonds is 2. The Bertz CT molecular complexity index is 577. The van der Waals surface area contributed by atoms with Crippen LogP contribution in [-0.4, -0.2) is 9.55 Å². The van der Waals surface area contributed by atoms with E-state index in [0.717, 1.165) is 23.5 Å². The second-order valence-corrected chi connectivity index (χ2v) is 5.91. The van der Waals surface area contributed by atoms with Gasteiger partial charge < -0.3 is 10.3 Å². The number of benzene rings is 1. The summed E-state index contributed by atoms with van der Waals surface area (Å²) in [7, 11) is 0. The lowest BCUT2D eigenvalue weighted by molar-refractivity contribution is 0.289. The van der Waals surface area contributed by atoms with Gasteiger partial charge in [0, 0.05) is 18.2 Å². The van der Waals surface area contributed by atoms with Gasteiger partial charge in [0.25, 0.3) is 0 Å². The summed E-state index contributed by atoms with van der Waals surface area (Å²) in [5.41, 5.74) is 8.98. The van der Waals surface area contributed by atoms with Gasteiger partial charge in [0.1, 0.15) is 5.82 Å². The second kappa shape index (κ2) is 4.87. The highest BCUT2D eigenvalue weighted by molar-refractivity contribution is 5.79. The standard InChI is InChI=1S/C16H23N3/c1-3-16-18-14-10-12(17)6-9-15(14)19(16)13-7-4-11(2)5-8-13/h6,9-11,13H,3-5,7-8,17H2,1-2H3. The molecule has 0 amide bonds. The summed E-state index contributed by atoms with van der Waals surface area (Å²) >= 11 is 0. The molecule has 0 spiro atoms. The van der Waals surface area contributed by atoms with Gasteiger partial charge in [-0.25, -0.2) is 4.98 Å². The number of hydrogen-bond acceptors (Lipinski definition) is 2. The predicted octanol–water partition coefficient (Wildman–Crippen LogP) is 3.93. The monoisotopic (exact) mass is 257 g/mol. The maximum atomic E-state index is 5.87. The number of fused-ring (bicyclic) bond motifs is 1. The predicted molar refractivity (Wildman–Crippen MR) is 80.2 cm³/mol. The van der Waals surface area contributed by atoms with Crippen LogP contribution in [0.15, 0.2) is 18.2 Å². The summed E-state index contributed by atoms with van der Waals surface area (Å²) in [5.74, 6) is 2.09. The van der Waals surface area contributed by atoms with Crippen LogP contribution in [0.2, 0.25) is 0 Å². The number of hydrogen-bond donors (Lipinski definition) is 1. The topological polar surface area (TPSA) is 43.8 Å². The minimum absolute atomic E-state index is 0.625. The first-order valence-electron chi connectivity index (χ1n) is 7.45. The van der Waals surface area contributed by atoms with Gasteiger partial charge in [0.15, 0.2) is 0 Å². The van der Waals surface area contributed by atoms with E-state index in [0.29, 0.717) is 6.04 Å². The van der Waals surface area contributed by atoms with Crippen molar-refractivity contribution in [1.29, 1.82) is 0 Å². The molecular weight excluding hydrogens is 234 g/mol. The number of aryl methyl sites for hydroxylation is 1. The summed E-state index contributed by atoms with van der Waals surface area (Å²) in [4.78, 5) is 4.77. The number of nitrogens with two attached hydrogens (primary N) is 1. The van der Waals surface area contributed by atoms with Crippen LogP contribution in [0.4, 0.5) is 5.69 Å². The molecule has 0 atom stereocenters. The minimum Gasteiger partial charge on any atom is -0.399 e. The van der Waals surface area contributed by atoms with E-state index in [1.165, 1.54) is 37.0 Å². The third kappa shape index (κ3) is 2.22. The molecule has 1 aromatic heterocycles. The molecule has 0 bridgehead atoms. The molecule has 19 heavy (non-hydrogen) atoms. The highest BCUT2D eigenvalue weighted by Gasteiger charge is 2.23. The van der Waals surface area contributed by atoms with Gasteiger partial charge >= 0.3 is 0 Å². The van der Waals surface area contributed by atoms with Crippen LogP contribution in [0.3, 0.4) is 0 Å². The molecule has 1 heterocycles. The van der Waals surface area contributed by atoms with Crippen LogP contribution in [0.5, 0.6) is 0 Å². The molecule has 2 N–H and O–H groups in total. The Morgan fingerprint density at radius 1 is 1.26 bits per heavy atom. The summed E-state index contributed by atoms with van der Waals surface area (Å²) in [6.07, 6.45) is 6.22. The van der Waals surface area contributed by atoms with Gasteiger partial charge in [-0.3, -0.25) is 0 Å². The molecule has 0 radical (unpaired) electrons. The fourth-order valence-electron chi connectivity index (χ4n) is 3.32. The molecule has 0 unspecified atom stereocenters. The van der Waals surface area contributed by atoms with Crippen molar-refractivity contribution in [2.24, 2.45) is 5.92 Å². The van der Waals surface area contributed by atoms with E-state index in [1.807, 2.05) is 12.1 Å². The van der Waals surface area contributed by atoms with Crippen molar-refractivity contribution >= 4 is 16.7 Å². The van der Waals surface area contributed by atoms with Crippen LogP contribution in [0.1, 0.15) is 51.4 Å². The van der Waals surface area contributed by atoms with Gasteiger partial charge in [0.2, 0.25) is 0 Å². The van der Waals surface area contributed by atoms with Crippen molar-refractivity contribution in [3.8, 4) is 0 Å². The lowest BCUT2D eigenvalue weighted by Gasteiger charge is -2.29. The largest absolute Gasteiger partial charge is 0.399 e. The molecule has 1 aliphatic carbocycles. The minimum atomic E-state index is 0.625. The molecule has 1 fully saturated rings. The number of anilines is 1. The second-order valence-electron chi connectivity index (χ2n) is 5.91. The molecule has 1 aliphatic rings. The quantitative estimate of drug-likeness (QED) is 0.828. The molecule has 0 saturated heterocycles. The van der Waals surface area contributed by atoms with Crippen LogP contribution >= 0.6 is 0 Å². The molecule has 102 valence electrons. The number of imidazole rings is 1. The fourth-order valence-corrected chi connectivity index (χ4v) is 3.32. The zero-order valence-electron chi connectivity index (χ0n) is 11.9. The van der Waals surface area contributed by atoms with Crippen molar-refractivity contribution in [3.63, 3.8) is 0 Å². The summed E-state index contributed by atoms with van der Waals surface area (Å²) in [6.45, 7) is 4.55. The molecule has 3 heteroatoms. The highest BCUT2D eigenvalue weighted by atomic mass is 15.1. The molecular formula is C16H23N3. The van der Waals surface area contributed by atoms with E-state index in [-0.39, 0.29) is 0 Å². The van der Waals surface area contributed by atoms with Gasteiger partial charge in [-0.1, -0.05) is 13.8 Å². The van der Waals surface area contributed by atoms with Gasteiger partial charge in [-0.2, -0.15) is 0 Å². The highest BCUT2D eigenvalue weighted by Crippen LogP contribution is 2.35. The van der Waals surface area contributed by atoms with Crippen molar-refractivity contribution < 1.29 is 0 Å². The maximum absolute atomic E-state index is 5.87. The van der Waals surface area contributed by atoms with Crippen molar-refractivity contribution in [1.82, 2.24) is 9.55 Å². The summed E-state index contributed by atoms with van der Waals surface area (Å²) in [5, 5.41) is 0. The van der Waals surface area contributed by atoms with Gasteiger partial charge in [-0.05, 0) is 49.8 Å². The van der Waals surface area contributed by atoms with Crippen molar-refractivity contribution in [2.75, 3.05) is 5.73 Å². The third-order valence-electron chi connectivity index (χ3n) is 4.45. The van der Waals surface area contributed by atoms with E-state index >= 15 is 0 Å². The molecule has 1 aromatic carbocycles. The molecule has 3 nitrogen and oxygen atoms in total. The lowest BCUT2D eigenvalue weighted by atomic mass is 9.87. The summed E-state index contributed by atoms with van der Waals surface area (Å²) in [6, 6.07) is 6.75. The van der Waals surface area contributed by atoms with Crippen LogP contribution in [-0.2, 0) is 6.42 Å². The number of nitrogens with zero attached hydrogens (tertiary/aromatic N) is 2. The van der Waals surface area contributed by atoms with E-state index < -0.39 is 0 Å². The Hall–Kier alpha value is -1.51. The smallest absolute Gasteiger partial charge is 0.109 e. The Kier molecular flexibility index (Phi) is 3.21. The first-order chi connectivity index (χ1) is 9.19. The lowest BCUT2D eigenvalue weighted by Crippen LogP contribution is -2.18. The first-order valence-corrected chi connectivity index (χ1v) is 7.45. The Morgan fingerprint density at radius 3 is 2.68 bits per heavy atom. The molecule has 2 aromatic rings. The van der Waals surface area contributed by atoms with Crippen LogP contribution < -0.4 is 5.73 Å². The van der Waals surface area contributed by atoms with Crippen LogP contribution in [0, 0.1) is 5.92 Å². The Morgan fingerprint density at radius 2 is 2.00 bits per heavy atom. The van der Waals surface area contributed by atoms with Crippen LogP contribution in [0.25, 0.3) is 11.0 Å².